The summed E-state index contributed by atoms with van der Waals surface area (Å²) < 4.78 is 55.5. The molecule has 0 spiro atoms. The number of carbonyl (C=O) groups excluding carboxylic acids is 1. The van der Waals surface area contributed by atoms with E-state index in [4.69, 9.17) is 34.8 Å². The quantitative estimate of drug-likeness (QED) is 0.513. The first-order chi connectivity index (χ1) is 14.6. The molecule has 1 aliphatic carbocycles. The van der Waals surface area contributed by atoms with E-state index in [1.165, 1.54) is 10.7 Å². The average molecular weight is 508 g/mol. The molecule has 31 heavy (non-hydrogen) atoms. The second-order valence-corrected chi connectivity index (χ2v) is 9.64. The van der Waals surface area contributed by atoms with Crippen LogP contribution < -0.4 is 4.72 Å². The van der Waals surface area contributed by atoms with Gasteiger partial charge in [0.05, 0.1) is 21.4 Å². The van der Waals surface area contributed by atoms with Crippen molar-refractivity contribution in [3.63, 3.8) is 0 Å². The minimum atomic E-state index is -4.72. The van der Waals surface area contributed by atoms with Gasteiger partial charge in [0.1, 0.15) is 16.5 Å². The summed E-state index contributed by atoms with van der Waals surface area (Å²) in [5.41, 5.74) is 0.499. The molecule has 2 aromatic carbocycles. The molecule has 1 aromatic heterocycles. The summed E-state index contributed by atoms with van der Waals surface area (Å²) in [6.07, 6.45) is 1.46. The Morgan fingerprint density at radius 3 is 2.42 bits per heavy atom. The molecule has 0 saturated heterocycles. The van der Waals surface area contributed by atoms with Crippen LogP contribution in [0.3, 0.4) is 0 Å². The summed E-state index contributed by atoms with van der Waals surface area (Å²) in [6.45, 7) is 0. The van der Waals surface area contributed by atoms with Crippen molar-refractivity contribution in [2.24, 2.45) is 0 Å². The van der Waals surface area contributed by atoms with Crippen LogP contribution in [0, 0.1) is 11.6 Å². The number of hydrogen-bond acceptors (Lipinski definition) is 5. The van der Waals surface area contributed by atoms with E-state index < -0.39 is 37.5 Å². The van der Waals surface area contributed by atoms with Crippen LogP contribution in [0.2, 0.25) is 15.1 Å². The number of carbonyl (C=O) groups is 1. The van der Waals surface area contributed by atoms with Gasteiger partial charge in [-0.15, -0.1) is 5.10 Å². The molecule has 1 fully saturated rings. The van der Waals surface area contributed by atoms with Crippen LogP contribution in [0.25, 0.3) is 5.69 Å². The molecule has 0 aliphatic heterocycles. The van der Waals surface area contributed by atoms with Gasteiger partial charge < -0.3 is 0 Å². The summed E-state index contributed by atoms with van der Waals surface area (Å²) >= 11 is 17.7. The second-order valence-electron chi connectivity index (χ2n) is 6.74. The molecule has 13 heteroatoms. The van der Waals surface area contributed by atoms with Crippen LogP contribution in [0.5, 0.6) is 0 Å². The van der Waals surface area contributed by atoms with Crippen molar-refractivity contribution in [3.05, 3.63) is 68.4 Å². The van der Waals surface area contributed by atoms with Crippen molar-refractivity contribution >= 4 is 50.7 Å². The second kappa shape index (κ2) is 8.01. The minimum absolute atomic E-state index is 0.0952. The Morgan fingerprint density at radius 1 is 1.06 bits per heavy atom. The maximum Gasteiger partial charge on any atom is 0.287 e. The summed E-state index contributed by atoms with van der Waals surface area (Å²) in [6, 6.07) is 5.54. The van der Waals surface area contributed by atoms with Gasteiger partial charge in [-0.05, 0) is 37.1 Å². The number of benzene rings is 2. The lowest BCUT2D eigenvalue weighted by Gasteiger charge is -2.10. The van der Waals surface area contributed by atoms with Crippen molar-refractivity contribution < 1.29 is 22.0 Å². The van der Waals surface area contributed by atoms with Crippen LogP contribution in [-0.4, -0.2) is 29.3 Å². The molecule has 0 atom stereocenters. The maximum atomic E-state index is 14.0. The standard InChI is InChI=1S/C18H11Cl3F2N4O3S/c19-9-3-4-14(11(21)5-9)27-17(8-1-2-8)16(24-26-27)18(28)25-31(29,30)15-6-10(20)12(22)7-13(15)23/h3-8H,1-2H2,(H,25,28). The Labute approximate surface area is 190 Å². The van der Waals surface area contributed by atoms with Crippen LogP contribution >= 0.6 is 34.8 Å². The molecule has 1 aliphatic rings. The highest BCUT2D eigenvalue weighted by Crippen LogP contribution is 2.42. The van der Waals surface area contributed by atoms with E-state index in [2.05, 4.69) is 10.3 Å². The molecule has 0 unspecified atom stereocenters. The fourth-order valence-corrected chi connectivity index (χ4v) is 4.70. The monoisotopic (exact) mass is 506 g/mol. The van der Waals surface area contributed by atoms with Gasteiger partial charge in [0.2, 0.25) is 0 Å². The molecule has 3 aromatic rings. The molecule has 0 bridgehead atoms. The lowest BCUT2D eigenvalue weighted by Crippen LogP contribution is -2.32. The Kier molecular flexibility index (Phi) is 5.67. The molecule has 1 heterocycles. The molecule has 7 nitrogen and oxygen atoms in total. The molecule has 1 saturated carbocycles. The molecule has 1 amide bonds. The predicted octanol–water partition coefficient (Wildman–Crippen LogP) is 4.50. The zero-order chi connectivity index (χ0) is 22.5. The maximum absolute atomic E-state index is 14.0. The van der Waals surface area contributed by atoms with E-state index in [0.29, 0.717) is 28.5 Å². The summed E-state index contributed by atoms with van der Waals surface area (Å²) in [5.74, 6) is -3.76. The molecular formula is C18H11Cl3F2N4O3S. The van der Waals surface area contributed by atoms with E-state index in [-0.39, 0.29) is 16.6 Å². The van der Waals surface area contributed by atoms with Crippen molar-refractivity contribution in [1.29, 1.82) is 0 Å². The third kappa shape index (κ3) is 4.25. The van der Waals surface area contributed by atoms with E-state index >= 15 is 0 Å². The van der Waals surface area contributed by atoms with Crippen molar-refractivity contribution in [2.75, 3.05) is 0 Å². The van der Waals surface area contributed by atoms with E-state index in [9.17, 15) is 22.0 Å². The van der Waals surface area contributed by atoms with Crippen molar-refractivity contribution in [3.8, 4) is 5.69 Å². The highest BCUT2D eigenvalue weighted by molar-refractivity contribution is 7.90. The lowest BCUT2D eigenvalue weighted by molar-refractivity contribution is 0.0975. The molecule has 4 rings (SSSR count). The van der Waals surface area contributed by atoms with Gasteiger partial charge in [-0.2, -0.15) is 0 Å². The molecule has 162 valence electrons. The smallest absolute Gasteiger partial charge is 0.266 e. The van der Waals surface area contributed by atoms with E-state index in [1.54, 1.807) is 16.9 Å². The first-order valence-corrected chi connectivity index (χ1v) is 11.3. The normalized spacial score (nSPS) is 14.0. The van der Waals surface area contributed by atoms with Gasteiger partial charge in [0.15, 0.2) is 5.69 Å². The lowest BCUT2D eigenvalue weighted by atomic mass is 10.2. The number of amides is 1. The van der Waals surface area contributed by atoms with E-state index in [0.717, 1.165) is 12.8 Å². The first kappa shape index (κ1) is 21.9. The fraction of sp³-hybridized carbons (Fsp3) is 0.167. The highest BCUT2D eigenvalue weighted by Gasteiger charge is 2.36. The van der Waals surface area contributed by atoms with Gasteiger partial charge in [-0.3, -0.25) is 4.79 Å². The predicted molar refractivity (Wildman–Crippen MR) is 109 cm³/mol. The third-order valence-corrected chi connectivity index (χ3v) is 6.69. The van der Waals surface area contributed by atoms with Crippen LogP contribution in [-0.2, 0) is 10.0 Å². The average Bonchev–Trinajstić information content (AvgIpc) is 3.42. The molecule has 0 radical (unpaired) electrons. The number of rotatable bonds is 5. The zero-order valence-corrected chi connectivity index (χ0v) is 18.3. The number of hydrogen-bond donors (Lipinski definition) is 1. The van der Waals surface area contributed by atoms with E-state index in [1.807, 2.05) is 0 Å². The Morgan fingerprint density at radius 2 is 1.77 bits per heavy atom. The van der Waals surface area contributed by atoms with Gasteiger partial charge in [0.25, 0.3) is 15.9 Å². The Hall–Kier alpha value is -2.27. The molecular weight excluding hydrogens is 497 g/mol. The fourth-order valence-electron chi connectivity index (χ4n) is 2.94. The number of nitrogens with one attached hydrogen (secondary N) is 1. The van der Waals surface area contributed by atoms with Gasteiger partial charge in [-0.25, -0.2) is 26.6 Å². The van der Waals surface area contributed by atoms with Gasteiger partial charge in [0, 0.05) is 17.0 Å². The van der Waals surface area contributed by atoms with Crippen LogP contribution in [0.1, 0.15) is 34.9 Å². The van der Waals surface area contributed by atoms with Crippen LogP contribution in [0.4, 0.5) is 8.78 Å². The van der Waals surface area contributed by atoms with Gasteiger partial charge in [-0.1, -0.05) is 40.0 Å². The number of halogens is 5. The number of aromatic nitrogens is 3. The topological polar surface area (TPSA) is 93.9 Å². The van der Waals surface area contributed by atoms with Crippen molar-refractivity contribution in [1.82, 2.24) is 19.7 Å². The number of nitrogens with zero attached hydrogens (tertiary/aromatic N) is 3. The van der Waals surface area contributed by atoms with Crippen molar-refractivity contribution in [2.45, 2.75) is 23.7 Å². The van der Waals surface area contributed by atoms with Gasteiger partial charge >= 0.3 is 0 Å². The SMILES string of the molecule is O=C(NS(=O)(=O)c1cc(Cl)c(F)cc1F)c1nnn(-c2ccc(Cl)cc2Cl)c1C1CC1. The minimum Gasteiger partial charge on any atom is -0.266 e. The third-order valence-electron chi connectivity index (χ3n) is 4.51. The molecule has 1 N–H and O–H groups in total. The number of sulfonamides is 1. The summed E-state index contributed by atoms with van der Waals surface area (Å²) in [7, 11) is -4.72. The zero-order valence-electron chi connectivity index (χ0n) is 15.2. The summed E-state index contributed by atoms with van der Waals surface area (Å²) in [5, 5.41) is 7.79. The Balaban J connectivity index is 1.71. The largest absolute Gasteiger partial charge is 0.287 e. The van der Waals surface area contributed by atoms with Crippen LogP contribution in [0.15, 0.2) is 35.2 Å². The highest BCUT2D eigenvalue weighted by atomic mass is 35.5. The Bertz CT molecular complexity index is 1330. The first-order valence-electron chi connectivity index (χ1n) is 8.71. The summed E-state index contributed by atoms with van der Waals surface area (Å²) in [4.78, 5) is 11.8.